The Morgan fingerprint density at radius 2 is 1.67 bits per heavy atom. The number of halogens is 2. The van der Waals surface area contributed by atoms with Crippen LogP contribution in [0.4, 0.5) is 5.69 Å². The number of nitrogens with one attached hydrogen (secondary N) is 1. The van der Waals surface area contributed by atoms with Crippen LogP contribution >= 0.6 is 46.3 Å². The first-order chi connectivity index (χ1) is 16.0. The average molecular weight is 518 g/mol. The van der Waals surface area contributed by atoms with E-state index in [4.69, 9.17) is 23.2 Å². The van der Waals surface area contributed by atoms with Gasteiger partial charge in [0.15, 0.2) is 0 Å². The highest BCUT2D eigenvalue weighted by molar-refractivity contribution is 8.00. The molecule has 1 amide bonds. The van der Waals surface area contributed by atoms with Gasteiger partial charge in [-0.1, -0.05) is 46.7 Å². The summed E-state index contributed by atoms with van der Waals surface area (Å²) in [6.07, 6.45) is 3.83. The van der Waals surface area contributed by atoms with Crippen molar-refractivity contribution in [1.82, 2.24) is 4.57 Å². The van der Waals surface area contributed by atoms with Crippen LogP contribution in [-0.2, 0) is 11.3 Å². The Balaban J connectivity index is 1.36. The Hall–Kier alpha value is -1.73. The summed E-state index contributed by atoms with van der Waals surface area (Å²) in [5.74, 6) is 1.92. The number of aromatic nitrogens is 1. The fourth-order valence-corrected chi connectivity index (χ4v) is 9.41. The van der Waals surface area contributed by atoms with Gasteiger partial charge in [0.05, 0.1) is 5.03 Å². The summed E-state index contributed by atoms with van der Waals surface area (Å²) in [4.78, 5) is 27.0. The zero-order valence-electron chi connectivity index (χ0n) is 17.7. The normalized spacial score (nSPS) is 27.3. The van der Waals surface area contributed by atoms with Crippen molar-refractivity contribution in [2.24, 2.45) is 17.8 Å². The van der Waals surface area contributed by atoms with Crippen LogP contribution in [0.3, 0.4) is 0 Å². The van der Waals surface area contributed by atoms with Gasteiger partial charge in [-0.25, -0.2) is 0 Å². The molecule has 0 radical (unpaired) electrons. The molecule has 1 aliphatic heterocycles. The maximum absolute atomic E-state index is 13.1. The second-order valence-electron chi connectivity index (χ2n) is 9.20. The molecule has 1 aromatic heterocycles. The molecule has 0 saturated heterocycles. The lowest BCUT2D eigenvalue weighted by atomic mass is 9.75. The molecule has 4 nitrogen and oxygen atoms in total. The summed E-state index contributed by atoms with van der Waals surface area (Å²) in [7, 11) is 0. The van der Waals surface area contributed by atoms with Crippen LogP contribution in [0.15, 0.2) is 58.4 Å². The number of amides is 1. The summed E-state index contributed by atoms with van der Waals surface area (Å²) in [6.45, 7) is 0.0130. The first kappa shape index (κ1) is 21.8. The molecular formula is C25H22Cl2N2O2S2. The van der Waals surface area contributed by atoms with Gasteiger partial charge in [-0.2, -0.15) is 0 Å². The van der Waals surface area contributed by atoms with Crippen LogP contribution < -0.4 is 10.2 Å². The summed E-state index contributed by atoms with van der Waals surface area (Å²) >= 11 is 15.3. The summed E-state index contributed by atoms with van der Waals surface area (Å²) < 4.78 is 1.68. The van der Waals surface area contributed by atoms with Gasteiger partial charge in [-0.05, 0) is 79.0 Å². The average Bonchev–Trinajstić information content (AvgIpc) is 3.49. The Morgan fingerprint density at radius 3 is 2.39 bits per heavy atom. The lowest BCUT2D eigenvalue weighted by Gasteiger charge is -2.40. The van der Waals surface area contributed by atoms with E-state index in [1.807, 2.05) is 23.9 Å². The second kappa shape index (κ2) is 8.49. The van der Waals surface area contributed by atoms with Crippen molar-refractivity contribution in [3.8, 4) is 0 Å². The molecule has 6 rings (SSSR count). The molecular weight excluding hydrogens is 495 g/mol. The number of carbonyl (C=O) groups is 1. The predicted molar refractivity (Wildman–Crippen MR) is 136 cm³/mol. The highest BCUT2D eigenvalue weighted by Crippen LogP contribution is 2.64. The number of anilines is 1. The maximum Gasteiger partial charge on any atom is 0.308 e. The Bertz CT molecular complexity index is 1270. The third-order valence-electron chi connectivity index (χ3n) is 7.35. The smallest absolute Gasteiger partial charge is 0.308 e. The van der Waals surface area contributed by atoms with E-state index in [-0.39, 0.29) is 23.2 Å². The van der Waals surface area contributed by atoms with Crippen LogP contribution in [0.2, 0.25) is 10.0 Å². The van der Waals surface area contributed by atoms with Gasteiger partial charge in [0.1, 0.15) is 6.54 Å². The fraction of sp³-hybridized carbons (Fsp3) is 0.360. The molecule has 0 unspecified atom stereocenters. The van der Waals surface area contributed by atoms with E-state index in [9.17, 15) is 9.59 Å². The van der Waals surface area contributed by atoms with E-state index < -0.39 is 0 Å². The number of hydrogen-bond donors (Lipinski definition) is 1. The van der Waals surface area contributed by atoms with Crippen LogP contribution in [0.5, 0.6) is 0 Å². The minimum atomic E-state index is -0.210. The molecule has 2 fully saturated rings. The molecule has 2 saturated carbocycles. The number of thiazole rings is 1. The van der Waals surface area contributed by atoms with E-state index in [0.717, 1.165) is 14.9 Å². The van der Waals surface area contributed by atoms with Gasteiger partial charge in [0, 0.05) is 31.8 Å². The zero-order valence-corrected chi connectivity index (χ0v) is 20.8. The molecule has 2 bridgehead atoms. The number of hydrogen-bond acceptors (Lipinski definition) is 4. The van der Waals surface area contributed by atoms with Gasteiger partial charge in [-0.3, -0.25) is 14.2 Å². The number of rotatable bonds is 4. The first-order valence-electron chi connectivity index (χ1n) is 11.2. The SMILES string of the molecule is O=C(Cn1c2c(sc1=O)[C@H](c1ccc(Cl)cc1)[C@H]1[C@@H]3CC[C@H](C3)[C@@H]1S2)Nc1ccc(Cl)cc1. The van der Waals surface area contributed by atoms with Gasteiger partial charge < -0.3 is 5.32 Å². The molecule has 0 spiro atoms. The molecule has 2 aliphatic carbocycles. The van der Waals surface area contributed by atoms with E-state index in [1.54, 1.807) is 28.8 Å². The van der Waals surface area contributed by atoms with Gasteiger partial charge >= 0.3 is 4.87 Å². The number of nitrogens with zero attached hydrogens (tertiary/aromatic N) is 1. The number of fused-ring (bicyclic) bond motifs is 6. The zero-order chi connectivity index (χ0) is 22.7. The van der Waals surface area contributed by atoms with Crippen LogP contribution in [0.1, 0.15) is 35.6 Å². The quantitative estimate of drug-likeness (QED) is 0.430. The van der Waals surface area contributed by atoms with Crippen LogP contribution in [0.25, 0.3) is 0 Å². The molecule has 2 aromatic carbocycles. The van der Waals surface area contributed by atoms with Crippen LogP contribution in [-0.4, -0.2) is 15.7 Å². The topological polar surface area (TPSA) is 51.1 Å². The Kier molecular flexibility index (Phi) is 5.60. The van der Waals surface area contributed by atoms with E-state index in [0.29, 0.717) is 33.7 Å². The van der Waals surface area contributed by atoms with Crippen molar-refractivity contribution in [3.05, 3.63) is 78.7 Å². The van der Waals surface area contributed by atoms with Crippen molar-refractivity contribution in [3.63, 3.8) is 0 Å². The lowest BCUT2D eigenvalue weighted by Crippen LogP contribution is -2.34. The lowest BCUT2D eigenvalue weighted by molar-refractivity contribution is -0.116. The highest BCUT2D eigenvalue weighted by atomic mass is 35.5. The van der Waals surface area contributed by atoms with Crippen molar-refractivity contribution in [2.75, 3.05) is 5.32 Å². The predicted octanol–water partition coefficient (Wildman–Crippen LogP) is 6.51. The molecule has 170 valence electrons. The molecule has 8 heteroatoms. The number of thioether (sulfide) groups is 1. The first-order valence-corrected chi connectivity index (χ1v) is 13.6. The summed E-state index contributed by atoms with van der Waals surface area (Å²) in [5, 5.41) is 5.69. The van der Waals surface area contributed by atoms with E-state index >= 15 is 0 Å². The number of carbonyl (C=O) groups excluding carboxylic acids is 1. The molecule has 5 atom stereocenters. The van der Waals surface area contributed by atoms with Crippen LogP contribution in [0, 0.1) is 17.8 Å². The monoisotopic (exact) mass is 516 g/mol. The molecule has 2 heterocycles. The Morgan fingerprint density at radius 1 is 1.00 bits per heavy atom. The summed E-state index contributed by atoms with van der Waals surface area (Å²) in [6, 6.07) is 15.1. The molecule has 33 heavy (non-hydrogen) atoms. The second-order valence-corrected chi connectivity index (χ2v) is 12.2. The molecule has 3 aliphatic rings. The van der Waals surface area contributed by atoms with Crippen molar-refractivity contribution in [2.45, 2.75) is 42.0 Å². The largest absolute Gasteiger partial charge is 0.325 e. The molecule has 3 aromatic rings. The van der Waals surface area contributed by atoms with Gasteiger partial charge in [0.2, 0.25) is 5.91 Å². The third-order valence-corrected chi connectivity index (χ3v) is 10.7. The van der Waals surface area contributed by atoms with Gasteiger partial charge in [-0.15, -0.1) is 11.8 Å². The third kappa shape index (κ3) is 3.85. The maximum atomic E-state index is 13.1. The van der Waals surface area contributed by atoms with Gasteiger partial charge in [0.25, 0.3) is 0 Å². The molecule has 1 N–H and O–H groups in total. The summed E-state index contributed by atoms with van der Waals surface area (Å²) in [5.41, 5.74) is 1.89. The van der Waals surface area contributed by atoms with Crippen molar-refractivity contribution in [1.29, 1.82) is 0 Å². The fourth-order valence-electron chi connectivity index (χ4n) is 6.01. The number of benzene rings is 2. The van der Waals surface area contributed by atoms with Crippen molar-refractivity contribution < 1.29 is 4.79 Å². The minimum absolute atomic E-state index is 0.0130. The Labute approximate surface area is 210 Å². The minimum Gasteiger partial charge on any atom is -0.325 e. The van der Waals surface area contributed by atoms with E-state index in [1.165, 1.54) is 36.2 Å². The highest BCUT2D eigenvalue weighted by Gasteiger charge is 2.55. The van der Waals surface area contributed by atoms with Crippen molar-refractivity contribution >= 4 is 57.9 Å². The van der Waals surface area contributed by atoms with E-state index in [2.05, 4.69) is 17.4 Å². The standard InChI is InChI=1S/C25H22Cl2N2O2S2/c26-16-5-3-13(4-6-16)20-21-14-1-2-15(11-14)22(21)32-24-23(20)33-25(31)29(24)12-19(30)28-18-9-7-17(27)8-10-18/h3-10,14-15,20-22H,1-2,11-12H2,(H,28,30)/t14-,15-,20-,21-,22+/m1/s1.